The third-order valence-corrected chi connectivity index (χ3v) is 3.96. The summed E-state index contributed by atoms with van der Waals surface area (Å²) < 4.78 is 40.1. The van der Waals surface area contributed by atoms with Crippen LogP contribution in [-0.4, -0.2) is 10.0 Å². The fraction of sp³-hybridized carbons (Fsp3) is 0.0714. The highest BCUT2D eigenvalue weighted by Gasteiger charge is 2.35. The van der Waals surface area contributed by atoms with Gasteiger partial charge in [0.05, 0.1) is 26.9 Å². The molecule has 0 aliphatic carbocycles. The molecule has 0 aliphatic rings. The van der Waals surface area contributed by atoms with Crippen molar-refractivity contribution in [2.24, 2.45) is 0 Å². The van der Waals surface area contributed by atoms with E-state index < -0.39 is 28.0 Å². The smallest absolute Gasteiger partial charge is 0.332 e. The second-order valence-electron chi connectivity index (χ2n) is 4.69. The Labute approximate surface area is 158 Å². The minimum Gasteiger partial charge on any atom is -0.332 e. The number of nitrogens with one attached hydrogen (secondary N) is 2. The van der Waals surface area contributed by atoms with Gasteiger partial charge in [0, 0.05) is 16.6 Å². The summed E-state index contributed by atoms with van der Waals surface area (Å²) in [5.74, 6) is 0. The van der Waals surface area contributed by atoms with Crippen molar-refractivity contribution in [2.45, 2.75) is 6.18 Å². The highest BCUT2D eigenvalue weighted by Crippen LogP contribution is 2.37. The Morgan fingerprint density at radius 1 is 1.16 bits per heavy atom. The van der Waals surface area contributed by atoms with Crippen LogP contribution in [0, 0.1) is 10.1 Å². The van der Waals surface area contributed by atoms with Crippen molar-refractivity contribution in [1.29, 1.82) is 0 Å². The number of non-ortho nitro benzene ring substituents is 1. The summed E-state index contributed by atoms with van der Waals surface area (Å²) in [7, 11) is 0. The van der Waals surface area contributed by atoms with Crippen LogP contribution in [0.4, 0.5) is 30.2 Å². The van der Waals surface area contributed by atoms with Crippen LogP contribution in [0.3, 0.4) is 0 Å². The van der Waals surface area contributed by atoms with Gasteiger partial charge in [-0.2, -0.15) is 13.2 Å². The molecular weight excluding hydrogens is 447 g/mol. The van der Waals surface area contributed by atoms with E-state index >= 15 is 0 Å². The molecule has 25 heavy (non-hydrogen) atoms. The second-order valence-corrected chi connectivity index (χ2v) is 6.42. The molecule has 0 aliphatic heterocycles. The molecule has 0 heterocycles. The maximum Gasteiger partial charge on any atom is 0.418 e. The van der Waals surface area contributed by atoms with Gasteiger partial charge in [0.15, 0.2) is 5.11 Å². The van der Waals surface area contributed by atoms with Crippen LogP contribution in [-0.2, 0) is 6.18 Å². The molecule has 2 aromatic carbocycles. The zero-order valence-electron chi connectivity index (χ0n) is 12.0. The predicted molar refractivity (Wildman–Crippen MR) is 97.1 cm³/mol. The molecule has 0 radical (unpaired) electrons. The molecule has 2 N–H and O–H groups in total. The molecule has 0 unspecified atom stereocenters. The maximum atomic E-state index is 13.1. The Morgan fingerprint density at radius 3 is 2.32 bits per heavy atom. The van der Waals surface area contributed by atoms with E-state index in [0.29, 0.717) is 16.8 Å². The molecule has 0 fully saturated rings. The summed E-state index contributed by atoms with van der Waals surface area (Å²) in [5.41, 5.74) is -1.90. The van der Waals surface area contributed by atoms with Gasteiger partial charge in [-0.05, 0) is 36.5 Å². The number of hydrogen-bond acceptors (Lipinski definition) is 3. The molecule has 0 atom stereocenters. The monoisotopic (exact) mass is 453 g/mol. The van der Waals surface area contributed by atoms with E-state index in [1.807, 2.05) is 0 Å². The number of alkyl halides is 3. The first-order valence-electron chi connectivity index (χ1n) is 6.46. The third-order valence-electron chi connectivity index (χ3n) is 2.95. The van der Waals surface area contributed by atoms with Crippen molar-refractivity contribution in [1.82, 2.24) is 0 Å². The molecule has 0 saturated carbocycles. The lowest BCUT2D eigenvalue weighted by atomic mass is 10.1. The Hall–Kier alpha value is -1.91. The highest BCUT2D eigenvalue weighted by molar-refractivity contribution is 9.10. The standard InChI is InChI=1S/C14H8BrClF3N3O2S/c15-7-1-3-12(10(16)5-7)21-13(25)20-11-4-2-8(22(23)24)6-9(11)14(17,18)19/h1-6H,(H2,20,21,25). The lowest BCUT2D eigenvalue weighted by Gasteiger charge is -2.16. The number of hydrogen-bond donors (Lipinski definition) is 2. The molecule has 0 aromatic heterocycles. The van der Waals surface area contributed by atoms with Gasteiger partial charge >= 0.3 is 6.18 Å². The van der Waals surface area contributed by atoms with Crippen LogP contribution in [0.1, 0.15) is 5.56 Å². The number of anilines is 2. The van der Waals surface area contributed by atoms with Gasteiger partial charge in [-0.15, -0.1) is 0 Å². The third kappa shape index (κ3) is 5.03. The first-order valence-corrected chi connectivity index (χ1v) is 8.04. The van der Waals surface area contributed by atoms with Gasteiger partial charge in [-0.25, -0.2) is 0 Å². The van der Waals surface area contributed by atoms with Crippen LogP contribution in [0.15, 0.2) is 40.9 Å². The van der Waals surface area contributed by atoms with E-state index in [0.717, 1.165) is 16.6 Å². The maximum absolute atomic E-state index is 13.1. The molecule has 0 saturated heterocycles. The van der Waals surface area contributed by atoms with E-state index in [2.05, 4.69) is 26.6 Å². The number of nitro groups is 1. The lowest BCUT2D eigenvalue weighted by Crippen LogP contribution is -2.21. The Kier molecular flexibility index (Phi) is 5.86. The normalized spacial score (nSPS) is 11.1. The van der Waals surface area contributed by atoms with E-state index in [-0.39, 0.29) is 5.11 Å². The molecular formula is C14H8BrClF3N3O2S. The van der Waals surface area contributed by atoms with Gasteiger partial charge in [0.2, 0.25) is 0 Å². The Morgan fingerprint density at radius 2 is 1.76 bits per heavy atom. The quantitative estimate of drug-likeness (QED) is 0.346. The van der Waals surface area contributed by atoms with Crippen molar-refractivity contribution < 1.29 is 18.1 Å². The summed E-state index contributed by atoms with van der Waals surface area (Å²) >= 11 is 14.2. The van der Waals surface area contributed by atoms with Crippen LogP contribution < -0.4 is 10.6 Å². The average molecular weight is 455 g/mol. The van der Waals surface area contributed by atoms with E-state index in [9.17, 15) is 23.3 Å². The number of benzene rings is 2. The topological polar surface area (TPSA) is 67.2 Å². The lowest BCUT2D eigenvalue weighted by molar-refractivity contribution is -0.385. The van der Waals surface area contributed by atoms with Gasteiger partial charge < -0.3 is 10.6 Å². The number of rotatable bonds is 3. The second kappa shape index (κ2) is 7.54. The summed E-state index contributed by atoms with van der Waals surface area (Å²) in [6.45, 7) is 0. The molecule has 132 valence electrons. The van der Waals surface area contributed by atoms with E-state index in [1.165, 1.54) is 0 Å². The minimum atomic E-state index is -4.79. The Balaban J connectivity index is 2.26. The summed E-state index contributed by atoms with van der Waals surface area (Å²) in [6, 6.07) is 7.17. The largest absolute Gasteiger partial charge is 0.418 e. The zero-order chi connectivity index (χ0) is 18.8. The van der Waals surface area contributed by atoms with Crippen LogP contribution in [0.2, 0.25) is 5.02 Å². The van der Waals surface area contributed by atoms with Gasteiger partial charge in [0.1, 0.15) is 0 Å². The van der Waals surface area contributed by atoms with Crippen molar-refractivity contribution in [3.8, 4) is 0 Å². The van der Waals surface area contributed by atoms with Crippen molar-refractivity contribution >= 4 is 61.9 Å². The first kappa shape index (κ1) is 19.4. The molecule has 5 nitrogen and oxygen atoms in total. The molecule has 2 rings (SSSR count). The molecule has 0 spiro atoms. The molecule has 0 amide bonds. The Bertz CT molecular complexity index is 849. The van der Waals surface area contributed by atoms with Crippen LogP contribution >= 0.6 is 39.7 Å². The van der Waals surface area contributed by atoms with Crippen LogP contribution in [0.25, 0.3) is 0 Å². The summed E-state index contributed by atoms with van der Waals surface area (Å²) in [4.78, 5) is 9.78. The fourth-order valence-corrected chi connectivity index (χ4v) is 2.80. The first-order chi connectivity index (χ1) is 11.6. The zero-order valence-corrected chi connectivity index (χ0v) is 15.2. The number of nitrogens with zero attached hydrogens (tertiary/aromatic N) is 1. The molecule has 11 heteroatoms. The SMILES string of the molecule is O=[N+]([O-])c1ccc(NC(=S)Nc2ccc(Br)cc2Cl)c(C(F)(F)F)c1. The van der Waals surface area contributed by atoms with Gasteiger partial charge in [-0.1, -0.05) is 27.5 Å². The van der Waals surface area contributed by atoms with E-state index in [4.69, 9.17) is 23.8 Å². The number of thiocarbonyl (C=S) groups is 1. The molecule has 0 bridgehead atoms. The minimum absolute atomic E-state index is 0.149. The highest BCUT2D eigenvalue weighted by atomic mass is 79.9. The average Bonchev–Trinajstić information content (AvgIpc) is 2.49. The van der Waals surface area contributed by atoms with Gasteiger partial charge in [0.25, 0.3) is 5.69 Å². The van der Waals surface area contributed by atoms with E-state index in [1.54, 1.807) is 18.2 Å². The molecule has 2 aromatic rings. The number of halogens is 5. The van der Waals surface area contributed by atoms with Crippen molar-refractivity contribution in [2.75, 3.05) is 10.6 Å². The van der Waals surface area contributed by atoms with Crippen molar-refractivity contribution in [3.63, 3.8) is 0 Å². The predicted octanol–water partition coefficient (Wildman–Crippen LogP) is 5.84. The van der Waals surface area contributed by atoms with Crippen molar-refractivity contribution in [3.05, 3.63) is 61.6 Å². The summed E-state index contributed by atoms with van der Waals surface area (Å²) in [5, 5.41) is 15.9. The number of nitro benzene ring substituents is 1. The fourth-order valence-electron chi connectivity index (χ4n) is 1.86. The van der Waals surface area contributed by atoms with Crippen LogP contribution in [0.5, 0.6) is 0 Å². The summed E-state index contributed by atoms with van der Waals surface area (Å²) in [6.07, 6.45) is -4.79. The van der Waals surface area contributed by atoms with Gasteiger partial charge in [-0.3, -0.25) is 10.1 Å².